The van der Waals surface area contributed by atoms with Gasteiger partial charge in [-0.1, -0.05) is 24.3 Å². The van der Waals surface area contributed by atoms with Crippen LogP contribution in [-0.4, -0.2) is 44.0 Å². The average molecular weight is 477 g/mol. The molecule has 2 atom stereocenters. The fourth-order valence-corrected chi connectivity index (χ4v) is 5.63. The molecule has 1 aromatic carbocycles. The molecule has 1 saturated heterocycles. The summed E-state index contributed by atoms with van der Waals surface area (Å²) >= 11 is 1.84. The lowest BCUT2D eigenvalue weighted by Crippen LogP contribution is -2.39. The first-order valence-corrected chi connectivity index (χ1v) is 12.7. The zero-order valence-corrected chi connectivity index (χ0v) is 20.8. The first-order chi connectivity index (χ1) is 16.6. The van der Waals surface area contributed by atoms with Gasteiger partial charge in [0.25, 0.3) is 0 Å². The van der Waals surface area contributed by atoms with Gasteiger partial charge in [0.1, 0.15) is 12.0 Å². The number of nitrogens with one attached hydrogen (secondary N) is 3. The smallest absolute Gasteiger partial charge is 0.129 e. The summed E-state index contributed by atoms with van der Waals surface area (Å²) in [7, 11) is 1.99. The number of hydrazone groups is 1. The van der Waals surface area contributed by atoms with E-state index in [4.69, 9.17) is 9.72 Å². The summed E-state index contributed by atoms with van der Waals surface area (Å²) in [6.07, 6.45) is 1.87. The maximum absolute atomic E-state index is 5.51. The van der Waals surface area contributed by atoms with Crippen molar-refractivity contribution in [2.45, 2.75) is 32.6 Å². The number of hydrogen-bond acceptors (Lipinski definition) is 8. The lowest BCUT2D eigenvalue weighted by atomic mass is 10.0. The number of morpholine rings is 1. The van der Waals surface area contributed by atoms with Crippen molar-refractivity contribution < 1.29 is 4.74 Å². The van der Waals surface area contributed by atoms with E-state index < -0.39 is 0 Å². The Hall–Kier alpha value is -2.78. The highest BCUT2D eigenvalue weighted by Gasteiger charge is 2.25. The highest BCUT2D eigenvalue weighted by Crippen LogP contribution is 2.35. The van der Waals surface area contributed by atoms with Crippen LogP contribution in [0.25, 0.3) is 10.4 Å². The third kappa shape index (κ3) is 4.72. The molecule has 8 heteroatoms. The lowest BCUT2D eigenvalue weighted by molar-refractivity contribution is 0.122. The molecule has 0 amide bonds. The monoisotopic (exact) mass is 476 g/mol. The molecule has 7 nitrogen and oxygen atoms in total. The summed E-state index contributed by atoms with van der Waals surface area (Å²) in [5.41, 5.74) is 9.17. The summed E-state index contributed by atoms with van der Waals surface area (Å²) in [6.45, 7) is 8.32. The molecule has 3 N–H and O–H groups in total. The zero-order chi connectivity index (χ0) is 23.5. The van der Waals surface area contributed by atoms with Gasteiger partial charge < -0.3 is 15.0 Å². The van der Waals surface area contributed by atoms with Gasteiger partial charge >= 0.3 is 0 Å². The van der Waals surface area contributed by atoms with Crippen LogP contribution in [-0.2, 0) is 11.3 Å². The normalized spacial score (nSPS) is 18.7. The standard InChI is InChI=1S/C26H32N6OS/c1-17-22-16-28-25(32-10-12-33-13-11-32)14-21(22)26(31-30-17)29-18(2)23-8-9-24(34-23)20-7-5-4-6-19(20)15-27-3/h4-9,14,16,18,26-27,29,31H,10-13,15H2,1-3H3/t18-,26?/m1/s1. The number of rotatable bonds is 7. The summed E-state index contributed by atoms with van der Waals surface area (Å²) < 4.78 is 5.51. The van der Waals surface area contributed by atoms with E-state index in [0.29, 0.717) is 0 Å². The van der Waals surface area contributed by atoms with Gasteiger partial charge in [-0.2, -0.15) is 5.10 Å². The number of nitrogens with zero attached hydrogens (tertiary/aromatic N) is 3. The van der Waals surface area contributed by atoms with E-state index in [9.17, 15) is 0 Å². The number of hydrogen-bond donors (Lipinski definition) is 3. The molecular formula is C26H32N6OS. The minimum Gasteiger partial charge on any atom is -0.378 e. The Morgan fingerprint density at radius 3 is 2.82 bits per heavy atom. The number of anilines is 1. The van der Waals surface area contributed by atoms with Gasteiger partial charge in [0.15, 0.2) is 0 Å². The molecule has 0 spiro atoms. The molecule has 1 unspecified atom stereocenters. The summed E-state index contributed by atoms with van der Waals surface area (Å²) in [5.74, 6) is 0.998. The van der Waals surface area contributed by atoms with Crippen molar-refractivity contribution in [1.29, 1.82) is 0 Å². The zero-order valence-electron chi connectivity index (χ0n) is 20.0. The molecule has 34 heavy (non-hydrogen) atoms. The Kier molecular flexibility index (Phi) is 6.92. The number of benzene rings is 1. The van der Waals surface area contributed by atoms with Crippen molar-refractivity contribution in [1.82, 2.24) is 21.0 Å². The Morgan fingerprint density at radius 1 is 1.18 bits per heavy atom. The molecule has 178 valence electrons. The van der Waals surface area contributed by atoms with Crippen molar-refractivity contribution in [2.24, 2.45) is 5.10 Å². The van der Waals surface area contributed by atoms with Crippen LogP contribution < -0.4 is 21.0 Å². The number of fused-ring (bicyclic) bond motifs is 1. The van der Waals surface area contributed by atoms with Gasteiger partial charge in [0.05, 0.1) is 18.9 Å². The second-order valence-electron chi connectivity index (χ2n) is 8.77. The first-order valence-electron chi connectivity index (χ1n) is 11.9. The number of thiophene rings is 1. The molecule has 2 aliphatic heterocycles. The van der Waals surface area contributed by atoms with Crippen LogP contribution in [0.1, 0.15) is 47.6 Å². The Labute approximate surface area is 205 Å². The minimum absolute atomic E-state index is 0.0846. The Morgan fingerprint density at radius 2 is 2.00 bits per heavy atom. The van der Waals surface area contributed by atoms with Crippen molar-refractivity contribution in [2.75, 3.05) is 38.3 Å². The maximum Gasteiger partial charge on any atom is 0.129 e. The van der Waals surface area contributed by atoms with Crippen LogP contribution >= 0.6 is 11.3 Å². The van der Waals surface area contributed by atoms with Gasteiger partial charge in [-0.15, -0.1) is 11.3 Å². The topological polar surface area (TPSA) is 73.8 Å². The molecule has 0 radical (unpaired) electrons. The summed E-state index contributed by atoms with van der Waals surface area (Å²) in [6, 6.07) is 15.4. The van der Waals surface area contributed by atoms with Gasteiger partial charge in [-0.05, 0) is 50.2 Å². The van der Waals surface area contributed by atoms with Crippen molar-refractivity contribution >= 4 is 22.9 Å². The predicted molar refractivity (Wildman–Crippen MR) is 139 cm³/mol. The lowest BCUT2D eigenvalue weighted by Gasteiger charge is -2.31. The molecule has 1 fully saturated rings. The molecule has 5 rings (SSSR count). The molecule has 0 saturated carbocycles. The minimum atomic E-state index is -0.0846. The third-order valence-electron chi connectivity index (χ3n) is 6.44. The maximum atomic E-state index is 5.51. The van der Waals surface area contributed by atoms with Gasteiger partial charge in [0.2, 0.25) is 0 Å². The second kappa shape index (κ2) is 10.2. The highest BCUT2D eigenvalue weighted by atomic mass is 32.1. The van der Waals surface area contributed by atoms with Gasteiger partial charge in [0, 0.05) is 52.8 Å². The Bertz CT molecular complexity index is 1170. The summed E-state index contributed by atoms with van der Waals surface area (Å²) in [4.78, 5) is 9.61. The van der Waals surface area contributed by atoms with Crippen LogP contribution in [0.5, 0.6) is 0 Å². The molecule has 3 aromatic rings. The highest BCUT2D eigenvalue weighted by molar-refractivity contribution is 7.15. The van der Waals surface area contributed by atoms with Crippen molar-refractivity contribution in [3.8, 4) is 10.4 Å². The van der Waals surface area contributed by atoms with E-state index in [0.717, 1.165) is 49.9 Å². The number of pyridine rings is 1. The van der Waals surface area contributed by atoms with Crippen LogP contribution in [0.3, 0.4) is 0 Å². The van der Waals surface area contributed by atoms with E-state index in [1.54, 1.807) is 0 Å². The van der Waals surface area contributed by atoms with E-state index in [-0.39, 0.29) is 12.2 Å². The van der Waals surface area contributed by atoms with E-state index in [2.05, 4.69) is 75.4 Å². The molecular weight excluding hydrogens is 444 g/mol. The predicted octanol–water partition coefficient (Wildman–Crippen LogP) is 4.04. The van der Waals surface area contributed by atoms with E-state index >= 15 is 0 Å². The van der Waals surface area contributed by atoms with E-state index in [1.165, 1.54) is 26.4 Å². The largest absolute Gasteiger partial charge is 0.378 e. The van der Waals surface area contributed by atoms with Crippen LogP contribution in [0, 0.1) is 0 Å². The third-order valence-corrected chi connectivity index (χ3v) is 7.74. The molecule has 2 aromatic heterocycles. The van der Waals surface area contributed by atoms with Crippen LogP contribution in [0.2, 0.25) is 0 Å². The fourth-order valence-electron chi connectivity index (χ4n) is 4.55. The molecule has 4 heterocycles. The average Bonchev–Trinajstić information content (AvgIpc) is 3.37. The fraction of sp³-hybridized carbons (Fsp3) is 0.385. The van der Waals surface area contributed by atoms with E-state index in [1.807, 2.05) is 31.5 Å². The number of aromatic nitrogens is 1. The van der Waals surface area contributed by atoms with Crippen LogP contribution in [0.4, 0.5) is 5.82 Å². The molecule has 0 bridgehead atoms. The van der Waals surface area contributed by atoms with Gasteiger partial charge in [-0.3, -0.25) is 10.7 Å². The Balaban J connectivity index is 1.36. The molecule has 0 aliphatic carbocycles. The van der Waals surface area contributed by atoms with Crippen LogP contribution in [0.15, 0.2) is 53.8 Å². The van der Waals surface area contributed by atoms with Gasteiger partial charge in [-0.25, -0.2) is 4.98 Å². The summed E-state index contributed by atoms with van der Waals surface area (Å²) in [5, 5.41) is 11.6. The second-order valence-corrected chi connectivity index (χ2v) is 9.88. The quantitative estimate of drug-likeness (QED) is 0.478. The molecule has 2 aliphatic rings. The first kappa shape index (κ1) is 23.0. The SMILES string of the molecule is CNCc1ccccc1-c1ccc([C@@H](C)NC2NN=C(C)c3cnc(N4CCOCC4)cc32)s1. The van der Waals surface area contributed by atoms with Crippen molar-refractivity contribution in [3.63, 3.8) is 0 Å². The van der Waals surface area contributed by atoms with Crippen molar-refractivity contribution in [3.05, 3.63) is 70.2 Å². The number of ether oxygens (including phenoxy) is 1.